The standard InChI is InChI=1S/C14H24N2O2/c1-10(2)8-12-14(18)16(9-13(17)15-12)11-6-4-3-5-7-11/h10-12H,3-9H2,1-2H3,(H,15,17). The predicted octanol–water partition coefficient (Wildman–Crippen LogP) is 1.69. The van der Waals surface area contributed by atoms with Crippen LogP contribution in [0.3, 0.4) is 0 Å². The lowest BCUT2D eigenvalue weighted by atomic mass is 9.92. The van der Waals surface area contributed by atoms with Crippen molar-refractivity contribution in [3.05, 3.63) is 0 Å². The van der Waals surface area contributed by atoms with Gasteiger partial charge in [-0.25, -0.2) is 0 Å². The van der Waals surface area contributed by atoms with E-state index in [0.717, 1.165) is 19.3 Å². The summed E-state index contributed by atoms with van der Waals surface area (Å²) in [6.07, 6.45) is 6.50. The smallest absolute Gasteiger partial charge is 0.245 e. The predicted molar refractivity (Wildman–Crippen MR) is 70.0 cm³/mol. The highest BCUT2D eigenvalue weighted by atomic mass is 16.2. The first-order valence-corrected chi connectivity index (χ1v) is 7.17. The van der Waals surface area contributed by atoms with Crippen LogP contribution in [-0.2, 0) is 9.59 Å². The largest absolute Gasteiger partial charge is 0.343 e. The minimum Gasteiger partial charge on any atom is -0.343 e. The van der Waals surface area contributed by atoms with E-state index in [1.54, 1.807) is 0 Å². The third-order valence-corrected chi connectivity index (χ3v) is 3.95. The maximum atomic E-state index is 12.4. The lowest BCUT2D eigenvalue weighted by Crippen LogP contribution is -2.61. The van der Waals surface area contributed by atoms with E-state index in [9.17, 15) is 9.59 Å². The molecule has 0 spiro atoms. The van der Waals surface area contributed by atoms with Crippen molar-refractivity contribution in [2.24, 2.45) is 5.92 Å². The summed E-state index contributed by atoms with van der Waals surface area (Å²) in [5, 5.41) is 2.84. The fraction of sp³-hybridized carbons (Fsp3) is 0.857. The second-order valence-electron chi connectivity index (χ2n) is 6.01. The van der Waals surface area contributed by atoms with Gasteiger partial charge in [-0.2, -0.15) is 0 Å². The zero-order chi connectivity index (χ0) is 13.1. The van der Waals surface area contributed by atoms with Crippen LogP contribution < -0.4 is 5.32 Å². The topological polar surface area (TPSA) is 49.4 Å². The molecule has 18 heavy (non-hydrogen) atoms. The Hall–Kier alpha value is -1.06. The van der Waals surface area contributed by atoms with Gasteiger partial charge in [-0.15, -0.1) is 0 Å². The number of nitrogens with zero attached hydrogens (tertiary/aromatic N) is 1. The monoisotopic (exact) mass is 252 g/mol. The first kappa shape index (κ1) is 13.4. The Morgan fingerprint density at radius 3 is 2.50 bits per heavy atom. The quantitative estimate of drug-likeness (QED) is 0.831. The van der Waals surface area contributed by atoms with E-state index in [-0.39, 0.29) is 24.4 Å². The molecule has 0 aromatic carbocycles. The molecule has 4 heteroatoms. The van der Waals surface area contributed by atoms with Gasteiger partial charge in [-0.3, -0.25) is 9.59 Å². The van der Waals surface area contributed by atoms with Gasteiger partial charge in [0.2, 0.25) is 11.8 Å². The Balaban J connectivity index is 2.04. The van der Waals surface area contributed by atoms with Crippen molar-refractivity contribution in [1.29, 1.82) is 0 Å². The van der Waals surface area contributed by atoms with Gasteiger partial charge in [0.05, 0.1) is 6.54 Å². The number of nitrogens with one attached hydrogen (secondary N) is 1. The lowest BCUT2D eigenvalue weighted by Gasteiger charge is -2.40. The Morgan fingerprint density at radius 2 is 1.89 bits per heavy atom. The van der Waals surface area contributed by atoms with Gasteiger partial charge in [0.15, 0.2) is 0 Å². The summed E-state index contributed by atoms with van der Waals surface area (Å²) >= 11 is 0. The number of hydrogen-bond acceptors (Lipinski definition) is 2. The molecule has 1 saturated carbocycles. The molecular formula is C14H24N2O2. The molecule has 1 atom stereocenters. The molecule has 0 bridgehead atoms. The molecule has 2 rings (SSSR count). The van der Waals surface area contributed by atoms with Crippen molar-refractivity contribution in [1.82, 2.24) is 10.2 Å². The highest BCUT2D eigenvalue weighted by molar-refractivity contribution is 5.95. The van der Waals surface area contributed by atoms with E-state index in [0.29, 0.717) is 12.0 Å². The summed E-state index contributed by atoms with van der Waals surface area (Å²) in [4.78, 5) is 26.0. The first-order chi connectivity index (χ1) is 8.58. The highest BCUT2D eigenvalue weighted by Crippen LogP contribution is 2.25. The van der Waals surface area contributed by atoms with Crippen LogP contribution in [-0.4, -0.2) is 35.3 Å². The van der Waals surface area contributed by atoms with Crippen LogP contribution in [0.15, 0.2) is 0 Å². The molecule has 1 unspecified atom stereocenters. The zero-order valence-electron chi connectivity index (χ0n) is 11.4. The van der Waals surface area contributed by atoms with Crippen LogP contribution in [0.4, 0.5) is 0 Å². The molecule has 1 saturated heterocycles. The minimum atomic E-state index is -0.298. The van der Waals surface area contributed by atoms with E-state index in [4.69, 9.17) is 0 Å². The molecule has 2 aliphatic rings. The molecule has 0 aromatic rings. The number of piperazine rings is 1. The fourth-order valence-corrected chi connectivity index (χ4v) is 3.07. The molecular weight excluding hydrogens is 228 g/mol. The van der Waals surface area contributed by atoms with Gasteiger partial charge in [-0.1, -0.05) is 33.1 Å². The van der Waals surface area contributed by atoms with Crippen LogP contribution >= 0.6 is 0 Å². The van der Waals surface area contributed by atoms with E-state index < -0.39 is 0 Å². The van der Waals surface area contributed by atoms with Gasteiger partial charge in [0.25, 0.3) is 0 Å². The Bertz CT molecular complexity index is 322. The third-order valence-electron chi connectivity index (χ3n) is 3.95. The first-order valence-electron chi connectivity index (χ1n) is 7.17. The van der Waals surface area contributed by atoms with E-state index in [1.807, 2.05) is 4.90 Å². The second-order valence-corrected chi connectivity index (χ2v) is 6.01. The Kier molecular flexibility index (Phi) is 4.25. The maximum Gasteiger partial charge on any atom is 0.245 e. The number of rotatable bonds is 3. The molecule has 1 aliphatic heterocycles. The van der Waals surface area contributed by atoms with Gasteiger partial charge in [0.1, 0.15) is 6.04 Å². The molecule has 1 heterocycles. The summed E-state index contributed by atoms with van der Waals surface area (Å²) < 4.78 is 0. The average Bonchev–Trinajstić information content (AvgIpc) is 2.34. The molecule has 0 radical (unpaired) electrons. The molecule has 1 aliphatic carbocycles. The summed E-state index contributed by atoms with van der Waals surface area (Å²) in [6.45, 7) is 4.43. The van der Waals surface area contributed by atoms with E-state index in [1.165, 1.54) is 19.3 Å². The minimum absolute atomic E-state index is 0.00539. The van der Waals surface area contributed by atoms with Gasteiger partial charge in [-0.05, 0) is 25.2 Å². The SMILES string of the molecule is CC(C)CC1NC(=O)CN(C2CCCCC2)C1=O. The van der Waals surface area contributed by atoms with Crippen molar-refractivity contribution >= 4 is 11.8 Å². The molecule has 0 aromatic heterocycles. The van der Waals surface area contributed by atoms with Crippen LogP contribution in [0.1, 0.15) is 52.4 Å². The van der Waals surface area contributed by atoms with Crippen LogP contribution in [0.5, 0.6) is 0 Å². The van der Waals surface area contributed by atoms with Crippen LogP contribution in [0.2, 0.25) is 0 Å². The van der Waals surface area contributed by atoms with Crippen molar-refractivity contribution in [2.45, 2.75) is 64.5 Å². The fourth-order valence-electron chi connectivity index (χ4n) is 3.07. The van der Waals surface area contributed by atoms with Crippen molar-refractivity contribution in [3.63, 3.8) is 0 Å². The van der Waals surface area contributed by atoms with Crippen molar-refractivity contribution in [2.75, 3.05) is 6.54 Å². The zero-order valence-corrected chi connectivity index (χ0v) is 11.4. The molecule has 4 nitrogen and oxygen atoms in total. The molecule has 2 fully saturated rings. The van der Waals surface area contributed by atoms with Gasteiger partial charge >= 0.3 is 0 Å². The summed E-state index contributed by atoms with van der Waals surface area (Å²) in [6, 6.07) is 0.000128. The third kappa shape index (κ3) is 3.03. The van der Waals surface area contributed by atoms with E-state index >= 15 is 0 Å². The van der Waals surface area contributed by atoms with Gasteiger partial charge < -0.3 is 10.2 Å². The molecule has 2 amide bonds. The number of carbonyl (C=O) groups excluding carboxylic acids is 2. The molecule has 102 valence electrons. The Labute approximate surface area is 109 Å². The number of carbonyl (C=O) groups is 2. The summed E-state index contributed by atoms with van der Waals surface area (Å²) in [7, 11) is 0. The van der Waals surface area contributed by atoms with Crippen LogP contribution in [0.25, 0.3) is 0 Å². The Morgan fingerprint density at radius 1 is 1.22 bits per heavy atom. The summed E-state index contributed by atoms with van der Waals surface area (Å²) in [5.41, 5.74) is 0. The summed E-state index contributed by atoms with van der Waals surface area (Å²) in [5.74, 6) is 0.562. The number of amides is 2. The molecule has 1 N–H and O–H groups in total. The van der Waals surface area contributed by atoms with Crippen molar-refractivity contribution in [3.8, 4) is 0 Å². The second kappa shape index (κ2) is 5.72. The maximum absolute atomic E-state index is 12.4. The highest BCUT2D eigenvalue weighted by Gasteiger charge is 2.36. The van der Waals surface area contributed by atoms with Gasteiger partial charge in [0, 0.05) is 6.04 Å². The number of hydrogen-bond donors (Lipinski definition) is 1. The van der Waals surface area contributed by atoms with E-state index in [2.05, 4.69) is 19.2 Å². The average molecular weight is 252 g/mol. The van der Waals surface area contributed by atoms with Crippen LogP contribution in [0, 0.1) is 5.92 Å². The van der Waals surface area contributed by atoms with Crippen molar-refractivity contribution < 1.29 is 9.59 Å². The lowest BCUT2D eigenvalue weighted by molar-refractivity contribution is -0.147. The normalized spacial score (nSPS) is 26.6.